The van der Waals surface area contributed by atoms with Crippen LogP contribution in [-0.2, 0) is 4.84 Å². The zero-order valence-corrected chi connectivity index (χ0v) is 6.18. The van der Waals surface area contributed by atoms with E-state index in [1.807, 2.05) is 0 Å². The summed E-state index contributed by atoms with van der Waals surface area (Å²) in [6.45, 7) is 5.36. The molecule has 1 fully saturated rings. The summed E-state index contributed by atoms with van der Waals surface area (Å²) < 4.78 is 0. The maximum absolute atomic E-state index is 5.01. The summed E-state index contributed by atoms with van der Waals surface area (Å²) in [6.07, 6.45) is 2.41. The first kappa shape index (κ1) is 7.03. The summed E-state index contributed by atoms with van der Waals surface area (Å²) >= 11 is 0. The van der Waals surface area contributed by atoms with E-state index in [1.165, 1.54) is 12.8 Å². The lowest BCUT2D eigenvalue weighted by Crippen LogP contribution is -2.21. The highest BCUT2D eigenvalue weighted by atomic mass is 16.7. The number of hydrogen-bond donors (Lipinski definition) is 1. The average molecular weight is 129 g/mol. The lowest BCUT2D eigenvalue weighted by atomic mass is 10.0. The molecule has 1 saturated heterocycles. The Morgan fingerprint density at radius 1 is 1.67 bits per heavy atom. The summed E-state index contributed by atoms with van der Waals surface area (Å²) in [5, 5.41) is 0. The summed E-state index contributed by atoms with van der Waals surface area (Å²) in [4.78, 5) is 5.01. The third kappa shape index (κ3) is 2.33. The van der Waals surface area contributed by atoms with Gasteiger partial charge in [0.25, 0.3) is 0 Å². The van der Waals surface area contributed by atoms with Crippen molar-refractivity contribution in [2.75, 3.05) is 6.61 Å². The fraction of sp³-hybridized carbons (Fsp3) is 1.00. The van der Waals surface area contributed by atoms with Gasteiger partial charge in [-0.1, -0.05) is 13.8 Å². The smallest absolute Gasteiger partial charge is 0.0698 e. The van der Waals surface area contributed by atoms with E-state index < -0.39 is 0 Å². The minimum Gasteiger partial charge on any atom is -0.301 e. The van der Waals surface area contributed by atoms with Crippen LogP contribution in [-0.4, -0.2) is 12.6 Å². The van der Waals surface area contributed by atoms with E-state index in [4.69, 9.17) is 4.84 Å². The molecule has 54 valence electrons. The van der Waals surface area contributed by atoms with Crippen molar-refractivity contribution in [2.45, 2.75) is 32.7 Å². The van der Waals surface area contributed by atoms with Crippen LogP contribution in [0.15, 0.2) is 0 Å². The van der Waals surface area contributed by atoms with Gasteiger partial charge >= 0.3 is 0 Å². The van der Waals surface area contributed by atoms with Crippen LogP contribution in [0.25, 0.3) is 0 Å². The van der Waals surface area contributed by atoms with Gasteiger partial charge in [-0.15, -0.1) is 0 Å². The van der Waals surface area contributed by atoms with E-state index in [0.717, 1.165) is 12.5 Å². The van der Waals surface area contributed by atoms with Crippen molar-refractivity contribution in [3.63, 3.8) is 0 Å². The quantitative estimate of drug-likeness (QED) is 0.607. The van der Waals surface area contributed by atoms with Gasteiger partial charge in [0.2, 0.25) is 0 Å². The van der Waals surface area contributed by atoms with Crippen LogP contribution >= 0.6 is 0 Å². The van der Waals surface area contributed by atoms with Crippen molar-refractivity contribution in [2.24, 2.45) is 5.92 Å². The third-order valence-corrected chi connectivity index (χ3v) is 1.57. The van der Waals surface area contributed by atoms with E-state index >= 15 is 0 Å². The normalized spacial score (nSPS) is 27.7. The largest absolute Gasteiger partial charge is 0.301 e. The zero-order valence-electron chi connectivity index (χ0n) is 6.18. The molecule has 1 aliphatic heterocycles. The molecule has 1 aliphatic rings. The molecule has 0 aliphatic carbocycles. The molecule has 1 heterocycles. The maximum atomic E-state index is 5.01. The molecule has 0 aromatic rings. The highest BCUT2D eigenvalue weighted by Crippen LogP contribution is 2.11. The number of nitrogens with one attached hydrogen (secondary N) is 1. The fourth-order valence-corrected chi connectivity index (χ4v) is 1.17. The standard InChI is InChI=1S/C7H15NO/c1-6(2)5-7-3-4-9-8-7/h6-8H,3-5H2,1-2H3. The number of hydroxylamine groups is 1. The SMILES string of the molecule is CC(C)CC1CCON1. The van der Waals surface area contributed by atoms with Crippen molar-refractivity contribution < 1.29 is 4.84 Å². The predicted octanol–water partition coefficient (Wildman–Crippen LogP) is 1.33. The maximum Gasteiger partial charge on any atom is 0.0698 e. The zero-order chi connectivity index (χ0) is 6.69. The molecule has 1 atom stereocenters. The van der Waals surface area contributed by atoms with E-state index in [9.17, 15) is 0 Å². The minimum atomic E-state index is 0.616. The second-order valence-corrected chi connectivity index (χ2v) is 3.08. The van der Waals surface area contributed by atoms with Crippen molar-refractivity contribution in [1.82, 2.24) is 5.48 Å². The first-order chi connectivity index (χ1) is 4.29. The highest BCUT2D eigenvalue weighted by Gasteiger charge is 2.15. The molecule has 2 heteroatoms. The van der Waals surface area contributed by atoms with Gasteiger partial charge in [-0.2, -0.15) is 5.48 Å². The highest BCUT2D eigenvalue weighted by molar-refractivity contribution is 4.67. The number of rotatable bonds is 2. The molecule has 0 spiro atoms. The molecular formula is C7H15NO. The fourth-order valence-electron chi connectivity index (χ4n) is 1.17. The van der Waals surface area contributed by atoms with Crippen LogP contribution in [0.5, 0.6) is 0 Å². The molecule has 2 nitrogen and oxygen atoms in total. The molecule has 1 unspecified atom stereocenters. The van der Waals surface area contributed by atoms with E-state index in [0.29, 0.717) is 6.04 Å². The van der Waals surface area contributed by atoms with E-state index in [-0.39, 0.29) is 0 Å². The first-order valence-electron chi connectivity index (χ1n) is 3.66. The Hall–Kier alpha value is -0.0800. The molecule has 1 N–H and O–H groups in total. The van der Waals surface area contributed by atoms with Gasteiger partial charge in [-0.05, 0) is 18.8 Å². The molecule has 0 radical (unpaired) electrons. The Morgan fingerprint density at radius 3 is 2.89 bits per heavy atom. The molecule has 1 rings (SSSR count). The molecular weight excluding hydrogens is 114 g/mol. The Labute approximate surface area is 56.5 Å². The molecule has 0 aromatic carbocycles. The van der Waals surface area contributed by atoms with Gasteiger partial charge in [0.15, 0.2) is 0 Å². The molecule has 9 heavy (non-hydrogen) atoms. The average Bonchev–Trinajstić information content (AvgIpc) is 2.15. The first-order valence-corrected chi connectivity index (χ1v) is 3.66. The summed E-state index contributed by atoms with van der Waals surface area (Å²) in [5.74, 6) is 0.782. The minimum absolute atomic E-state index is 0.616. The van der Waals surface area contributed by atoms with Crippen molar-refractivity contribution in [1.29, 1.82) is 0 Å². The topological polar surface area (TPSA) is 21.3 Å². The van der Waals surface area contributed by atoms with Crippen LogP contribution in [0.4, 0.5) is 0 Å². The van der Waals surface area contributed by atoms with Crippen LogP contribution in [0.2, 0.25) is 0 Å². The van der Waals surface area contributed by atoms with Crippen molar-refractivity contribution in [3.05, 3.63) is 0 Å². The third-order valence-electron chi connectivity index (χ3n) is 1.57. The van der Waals surface area contributed by atoms with Crippen LogP contribution in [0.1, 0.15) is 26.7 Å². The lowest BCUT2D eigenvalue weighted by molar-refractivity contribution is 0.0848. The monoisotopic (exact) mass is 129 g/mol. The second kappa shape index (κ2) is 3.18. The van der Waals surface area contributed by atoms with E-state index in [2.05, 4.69) is 19.3 Å². The van der Waals surface area contributed by atoms with Crippen molar-refractivity contribution >= 4 is 0 Å². The van der Waals surface area contributed by atoms with Gasteiger partial charge in [0.05, 0.1) is 6.61 Å². The number of hydrogen-bond acceptors (Lipinski definition) is 2. The predicted molar refractivity (Wildman–Crippen MR) is 36.9 cm³/mol. The second-order valence-electron chi connectivity index (χ2n) is 3.08. The van der Waals surface area contributed by atoms with Crippen molar-refractivity contribution in [3.8, 4) is 0 Å². The van der Waals surface area contributed by atoms with Crippen LogP contribution < -0.4 is 5.48 Å². The molecule has 0 aromatic heterocycles. The van der Waals surface area contributed by atoms with E-state index in [1.54, 1.807) is 0 Å². The van der Waals surface area contributed by atoms with Crippen LogP contribution in [0, 0.1) is 5.92 Å². The molecule has 0 amide bonds. The molecule has 0 bridgehead atoms. The Bertz CT molecular complexity index is 77.0. The molecule has 0 saturated carbocycles. The summed E-state index contributed by atoms with van der Waals surface area (Å²) in [7, 11) is 0. The lowest BCUT2D eigenvalue weighted by Gasteiger charge is -2.09. The Balaban J connectivity index is 2.11. The van der Waals surface area contributed by atoms with Gasteiger partial charge in [0.1, 0.15) is 0 Å². The van der Waals surface area contributed by atoms with Gasteiger partial charge in [-0.3, -0.25) is 0 Å². The Kier molecular flexibility index (Phi) is 2.49. The Morgan fingerprint density at radius 2 is 2.44 bits per heavy atom. The van der Waals surface area contributed by atoms with Gasteiger partial charge in [0, 0.05) is 6.04 Å². The summed E-state index contributed by atoms with van der Waals surface area (Å²) in [6, 6.07) is 0.616. The van der Waals surface area contributed by atoms with Gasteiger partial charge < -0.3 is 4.84 Å². The summed E-state index contributed by atoms with van der Waals surface area (Å²) in [5.41, 5.74) is 2.99. The van der Waals surface area contributed by atoms with Crippen LogP contribution in [0.3, 0.4) is 0 Å². The van der Waals surface area contributed by atoms with Gasteiger partial charge in [-0.25, -0.2) is 0 Å².